The highest BCUT2D eigenvalue weighted by Gasteiger charge is 2.38. The van der Waals surface area contributed by atoms with Crippen LogP contribution >= 0.6 is 0 Å². The minimum atomic E-state index is -0.487. The number of anilines is 1. The molecule has 4 nitrogen and oxygen atoms in total. The second kappa shape index (κ2) is 5.35. The largest absolute Gasteiger partial charge is 0.444 e. The first kappa shape index (κ1) is 14.7. The maximum atomic E-state index is 12.1. The molecule has 20 heavy (non-hydrogen) atoms. The summed E-state index contributed by atoms with van der Waals surface area (Å²) in [6, 6.07) is 7.77. The van der Waals surface area contributed by atoms with Gasteiger partial charge in [-0.05, 0) is 51.3 Å². The van der Waals surface area contributed by atoms with Gasteiger partial charge in [0, 0.05) is 5.69 Å². The fraction of sp³-hybridized carbons (Fsp3) is 0.562. The van der Waals surface area contributed by atoms with Crippen LogP contribution in [0.4, 0.5) is 10.5 Å². The molecule has 1 fully saturated rings. The predicted molar refractivity (Wildman–Crippen MR) is 80.4 cm³/mol. The molecule has 0 aliphatic heterocycles. The Bertz CT molecular complexity index is 485. The summed E-state index contributed by atoms with van der Waals surface area (Å²) in [5.41, 5.74) is 6.84. The number of amides is 1. The van der Waals surface area contributed by atoms with Crippen molar-refractivity contribution in [1.82, 2.24) is 5.32 Å². The molecule has 1 aromatic carbocycles. The van der Waals surface area contributed by atoms with Crippen LogP contribution in [0.25, 0.3) is 0 Å². The number of hydrogen-bond donors (Lipinski definition) is 2. The van der Waals surface area contributed by atoms with Crippen molar-refractivity contribution >= 4 is 11.8 Å². The molecule has 110 valence electrons. The van der Waals surface area contributed by atoms with E-state index in [1.54, 1.807) is 0 Å². The number of carbonyl (C=O) groups is 1. The molecule has 0 saturated heterocycles. The van der Waals surface area contributed by atoms with Crippen molar-refractivity contribution in [3.8, 4) is 0 Å². The summed E-state index contributed by atoms with van der Waals surface area (Å²) in [5.74, 6) is 0. The fourth-order valence-electron chi connectivity index (χ4n) is 2.80. The van der Waals surface area contributed by atoms with Gasteiger partial charge >= 0.3 is 6.09 Å². The number of nitrogens with one attached hydrogen (secondary N) is 1. The average Bonchev–Trinajstić information content (AvgIpc) is 2.76. The van der Waals surface area contributed by atoms with E-state index in [1.807, 2.05) is 45.0 Å². The van der Waals surface area contributed by atoms with Crippen molar-refractivity contribution in [2.45, 2.75) is 57.6 Å². The lowest BCUT2D eigenvalue weighted by Crippen LogP contribution is -2.46. The van der Waals surface area contributed by atoms with Gasteiger partial charge in [-0.25, -0.2) is 4.79 Å². The molecule has 0 heterocycles. The van der Waals surface area contributed by atoms with E-state index in [9.17, 15) is 4.79 Å². The first-order valence-corrected chi connectivity index (χ1v) is 7.18. The van der Waals surface area contributed by atoms with Gasteiger partial charge in [0.05, 0.1) is 5.54 Å². The summed E-state index contributed by atoms with van der Waals surface area (Å²) < 4.78 is 5.40. The van der Waals surface area contributed by atoms with Crippen molar-refractivity contribution in [2.24, 2.45) is 0 Å². The van der Waals surface area contributed by atoms with Gasteiger partial charge in [-0.3, -0.25) is 0 Å². The van der Waals surface area contributed by atoms with E-state index < -0.39 is 5.60 Å². The van der Waals surface area contributed by atoms with E-state index in [1.165, 1.54) is 0 Å². The first-order chi connectivity index (χ1) is 9.31. The second-order valence-electron chi connectivity index (χ2n) is 6.54. The van der Waals surface area contributed by atoms with E-state index in [4.69, 9.17) is 10.5 Å². The molecule has 1 amide bonds. The third-order valence-electron chi connectivity index (χ3n) is 3.64. The van der Waals surface area contributed by atoms with Gasteiger partial charge in [0.2, 0.25) is 0 Å². The number of carbonyl (C=O) groups excluding carboxylic acids is 1. The molecule has 0 radical (unpaired) electrons. The number of alkyl carbamates (subject to hydrolysis) is 1. The Morgan fingerprint density at radius 3 is 2.50 bits per heavy atom. The SMILES string of the molecule is CC(C)(C)OC(=O)NC1(c2cccc(N)c2)CCCC1. The van der Waals surface area contributed by atoms with Crippen LogP contribution in [-0.2, 0) is 10.3 Å². The van der Waals surface area contributed by atoms with Crippen molar-refractivity contribution < 1.29 is 9.53 Å². The Morgan fingerprint density at radius 1 is 1.30 bits per heavy atom. The van der Waals surface area contributed by atoms with Gasteiger partial charge in [0.1, 0.15) is 5.60 Å². The first-order valence-electron chi connectivity index (χ1n) is 7.18. The third kappa shape index (κ3) is 3.44. The molecule has 4 heteroatoms. The van der Waals surface area contributed by atoms with Crippen LogP contribution in [0, 0.1) is 0 Å². The molecule has 1 aliphatic carbocycles. The highest BCUT2D eigenvalue weighted by atomic mass is 16.6. The van der Waals surface area contributed by atoms with Crippen LogP contribution in [0.1, 0.15) is 52.0 Å². The molecule has 0 aromatic heterocycles. The summed E-state index contributed by atoms with van der Waals surface area (Å²) in [6.45, 7) is 5.61. The summed E-state index contributed by atoms with van der Waals surface area (Å²) in [7, 11) is 0. The molecule has 2 rings (SSSR count). The van der Waals surface area contributed by atoms with Gasteiger partial charge in [-0.2, -0.15) is 0 Å². The van der Waals surface area contributed by atoms with Crippen molar-refractivity contribution in [3.05, 3.63) is 29.8 Å². The number of rotatable bonds is 2. The quantitative estimate of drug-likeness (QED) is 0.812. The molecule has 0 bridgehead atoms. The minimum Gasteiger partial charge on any atom is -0.444 e. The number of benzene rings is 1. The molecular formula is C16H24N2O2. The zero-order chi connectivity index (χ0) is 14.8. The predicted octanol–water partition coefficient (Wildman–Crippen LogP) is 3.56. The Morgan fingerprint density at radius 2 is 1.95 bits per heavy atom. The summed E-state index contributed by atoms with van der Waals surface area (Å²) in [5, 5.41) is 3.08. The van der Waals surface area contributed by atoms with Crippen LogP contribution < -0.4 is 11.1 Å². The monoisotopic (exact) mass is 276 g/mol. The highest BCUT2D eigenvalue weighted by molar-refractivity contribution is 5.69. The lowest BCUT2D eigenvalue weighted by Gasteiger charge is -2.32. The van der Waals surface area contributed by atoms with Crippen LogP contribution in [0.3, 0.4) is 0 Å². The number of hydrogen-bond acceptors (Lipinski definition) is 3. The van der Waals surface area contributed by atoms with E-state index in [0.717, 1.165) is 36.9 Å². The standard InChI is InChI=1S/C16H24N2O2/c1-15(2,3)20-14(19)18-16(9-4-5-10-16)12-7-6-8-13(17)11-12/h6-8,11H,4-5,9-10,17H2,1-3H3,(H,18,19). The molecule has 1 aliphatic rings. The molecule has 1 aromatic rings. The zero-order valence-electron chi connectivity index (χ0n) is 12.5. The van der Waals surface area contributed by atoms with Gasteiger partial charge < -0.3 is 15.8 Å². The van der Waals surface area contributed by atoms with Crippen LogP contribution in [0.15, 0.2) is 24.3 Å². The maximum absolute atomic E-state index is 12.1. The maximum Gasteiger partial charge on any atom is 0.408 e. The minimum absolute atomic E-state index is 0.336. The van der Waals surface area contributed by atoms with Gasteiger partial charge in [0.25, 0.3) is 0 Å². The summed E-state index contributed by atoms with van der Waals surface area (Å²) in [4.78, 5) is 12.1. The molecule has 0 spiro atoms. The van der Waals surface area contributed by atoms with Gasteiger partial charge in [0.15, 0.2) is 0 Å². The Kier molecular flexibility index (Phi) is 3.93. The molecule has 0 unspecified atom stereocenters. The third-order valence-corrected chi connectivity index (χ3v) is 3.64. The Balaban J connectivity index is 2.20. The van der Waals surface area contributed by atoms with Crippen LogP contribution in [0.5, 0.6) is 0 Å². The van der Waals surface area contributed by atoms with E-state index in [-0.39, 0.29) is 11.6 Å². The number of nitrogen functional groups attached to an aromatic ring is 1. The smallest absolute Gasteiger partial charge is 0.408 e. The number of ether oxygens (including phenoxy) is 1. The zero-order valence-corrected chi connectivity index (χ0v) is 12.5. The Hall–Kier alpha value is -1.71. The van der Waals surface area contributed by atoms with Gasteiger partial charge in [-0.1, -0.05) is 25.0 Å². The lowest BCUT2D eigenvalue weighted by molar-refractivity contribution is 0.0453. The highest BCUT2D eigenvalue weighted by Crippen LogP contribution is 2.39. The average molecular weight is 276 g/mol. The van der Waals surface area contributed by atoms with Crippen molar-refractivity contribution in [1.29, 1.82) is 0 Å². The lowest BCUT2D eigenvalue weighted by atomic mass is 9.88. The van der Waals surface area contributed by atoms with E-state index in [2.05, 4.69) is 5.32 Å². The molecule has 3 N–H and O–H groups in total. The normalized spacial score (nSPS) is 17.8. The van der Waals surface area contributed by atoms with E-state index >= 15 is 0 Å². The Labute approximate surface area is 120 Å². The van der Waals surface area contributed by atoms with Gasteiger partial charge in [-0.15, -0.1) is 0 Å². The second-order valence-corrected chi connectivity index (χ2v) is 6.54. The van der Waals surface area contributed by atoms with Crippen molar-refractivity contribution in [2.75, 3.05) is 5.73 Å². The topological polar surface area (TPSA) is 64.3 Å². The van der Waals surface area contributed by atoms with Crippen LogP contribution in [-0.4, -0.2) is 11.7 Å². The summed E-state index contributed by atoms with van der Waals surface area (Å²) in [6.07, 6.45) is 3.70. The molecule has 0 atom stereocenters. The molecule has 1 saturated carbocycles. The molecular weight excluding hydrogens is 252 g/mol. The summed E-state index contributed by atoms with van der Waals surface area (Å²) >= 11 is 0. The van der Waals surface area contributed by atoms with E-state index in [0.29, 0.717) is 0 Å². The van der Waals surface area contributed by atoms with Crippen molar-refractivity contribution in [3.63, 3.8) is 0 Å². The fourth-order valence-corrected chi connectivity index (χ4v) is 2.80. The number of nitrogens with two attached hydrogens (primary N) is 1. The van der Waals surface area contributed by atoms with Crippen LogP contribution in [0.2, 0.25) is 0 Å².